The second-order valence-corrected chi connectivity index (χ2v) is 7.81. The molecule has 8 nitrogen and oxygen atoms in total. The minimum absolute atomic E-state index is 0.0726. The Morgan fingerprint density at radius 2 is 1.90 bits per heavy atom. The van der Waals surface area contributed by atoms with Gasteiger partial charge in [-0.2, -0.15) is 0 Å². The Balaban J connectivity index is 1.65. The van der Waals surface area contributed by atoms with Crippen LogP contribution in [0.25, 0.3) is 0 Å². The number of carbonyl (C=O) groups is 2. The Morgan fingerprint density at radius 3 is 2.68 bits per heavy atom. The predicted octanol–water partition coefficient (Wildman–Crippen LogP) is 1.95. The Bertz CT molecular complexity index is 1140. The quantitative estimate of drug-likeness (QED) is 0.694. The van der Waals surface area contributed by atoms with Gasteiger partial charge >= 0.3 is 0 Å². The number of aromatic nitrogens is 1. The molecule has 31 heavy (non-hydrogen) atoms. The fourth-order valence-electron chi connectivity index (χ4n) is 3.75. The lowest BCUT2D eigenvalue weighted by molar-refractivity contribution is 0.0671. The number of benzene rings is 1. The molecule has 1 aromatic heterocycles. The number of hydrogen-bond acceptors (Lipinski definition) is 5. The van der Waals surface area contributed by atoms with E-state index in [2.05, 4.69) is 5.32 Å². The molecule has 11 heteroatoms. The van der Waals surface area contributed by atoms with Crippen LogP contribution < -0.4 is 15.8 Å². The topological polar surface area (TPSA) is 94.9 Å². The number of amides is 2. The van der Waals surface area contributed by atoms with Gasteiger partial charge in [-0.3, -0.25) is 24.1 Å². The van der Waals surface area contributed by atoms with Gasteiger partial charge in [0.15, 0.2) is 11.4 Å². The van der Waals surface area contributed by atoms with E-state index in [0.717, 1.165) is 31.4 Å². The molecule has 3 heterocycles. The lowest BCUT2D eigenvalue weighted by Crippen LogP contribution is -2.55. The van der Waals surface area contributed by atoms with E-state index in [9.17, 15) is 28.3 Å². The third kappa shape index (κ3) is 3.71. The lowest BCUT2D eigenvalue weighted by Gasteiger charge is -2.41. The Kier molecular flexibility index (Phi) is 5.57. The Morgan fingerprint density at radius 1 is 1.16 bits per heavy atom. The summed E-state index contributed by atoms with van der Waals surface area (Å²) in [4.78, 5) is 39.6. The zero-order valence-electron chi connectivity index (χ0n) is 16.3. The number of nitrogens with one attached hydrogen (secondary N) is 1. The summed E-state index contributed by atoms with van der Waals surface area (Å²) in [5.41, 5.74) is -1.67. The summed E-state index contributed by atoms with van der Waals surface area (Å²) in [6.45, 7) is 0.994. The molecule has 2 N–H and O–H groups in total. The van der Waals surface area contributed by atoms with Crippen LogP contribution in [0.15, 0.2) is 23.1 Å². The van der Waals surface area contributed by atoms with Crippen molar-refractivity contribution in [3.05, 3.63) is 62.0 Å². The minimum Gasteiger partial charge on any atom is -0.502 e. The summed E-state index contributed by atoms with van der Waals surface area (Å²) in [5, 5.41) is 13.9. The van der Waals surface area contributed by atoms with Gasteiger partial charge in [0, 0.05) is 31.4 Å². The van der Waals surface area contributed by atoms with E-state index in [1.54, 1.807) is 9.91 Å². The fraction of sp³-hybridized carbons (Fsp3) is 0.350. The number of rotatable bonds is 3. The van der Waals surface area contributed by atoms with Gasteiger partial charge in [-0.05, 0) is 25.3 Å². The van der Waals surface area contributed by atoms with E-state index in [0.29, 0.717) is 13.1 Å². The molecule has 1 aromatic carbocycles. The molecule has 0 aliphatic carbocycles. The first-order valence-corrected chi connectivity index (χ1v) is 10.1. The van der Waals surface area contributed by atoms with Gasteiger partial charge in [0.2, 0.25) is 5.43 Å². The monoisotopic (exact) mass is 452 g/mol. The summed E-state index contributed by atoms with van der Waals surface area (Å²) < 4.78 is 28.7. The third-order valence-electron chi connectivity index (χ3n) is 5.44. The van der Waals surface area contributed by atoms with Crippen LogP contribution in [0.4, 0.5) is 8.78 Å². The average molecular weight is 453 g/mol. The smallest absolute Gasteiger partial charge is 0.277 e. The predicted molar refractivity (Wildman–Crippen MR) is 108 cm³/mol. The van der Waals surface area contributed by atoms with Crippen molar-refractivity contribution in [2.75, 3.05) is 24.8 Å². The molecule has 0 atom stereocenters. The minimum atomic E-state index is -1.02. The van der Waals surface area contributed by atoms with Crippen molar-refractivity contribution in [1.29, 1.82) is 0 Å². The van der Waals surface area contributed by atoms with Crippen LogP contribution in [0.1, 0.15) is 45.7 Å². The first-order chi connectivity index (χ1) is 14.8. The van der Waals surface area contributed by atoms with Gasteiger partial charge < -0.3 is 15.3 Å². The molecular weight excluding hydrogens is 434 g/mol. The third-order valence-corrected chi connectivity index (χ3v) is 5.78. The van der Waals surface area contributed by atoms with E-state index >= 15 is 0 Å². The SMILES string of the molecule is O=C(NCc1ccc(F)c(Cl)c1F)c1cn2c(c(O)c1=O)C(=O)N1CCCCCN2C1. The first kappa shape index (κ1) is 21.1. The maximum absolute atomic E-state index is 14.1. The van der Waals surface area contributed by atoms with Crippen molar-refractivity contribution in [2.45, 2.75) is 25.8 Å². The summed E-state index contributed by atoms with van der Waals surface area (Å²) in [5.74, 6) is -4.12. The van der Waals surface area contributed by atoms with Gasteiger partial charge in [0.25, 0.3) is 11.8 Å². The van der Waals surface area contributed by atoms with Crippen LogP contribution in [0.5, 0.6) is 5.75 Å². The summed E-state index contributed by atoms with van der Waals surface area (Å²) in [7, 11) is 0. The standard InChI is InChI=1S/C20H19ClF2N4O4/c21-14-13(22)5-4-11(15(14)23)8-24-19(30)12-9-27-16(18(29)17(12)28)20(31)25-6-2-1-3-7-26(27)10-25/h4-5,9,29H,1-3,6-8,10H2,(H,24,30). The van der Waals surface area contributed by atoms with Crippen molar-refractivity contribution in [3.8, 4) is 5.75 Å². The molecule has 1 saturated heterocycles. The van der Waals surface area contributed by atoms with Crippen molar-refractivity contribution in [2.24, 2.45) is 0 Å². The number of fused-ring (bicyclic) bond motifs is 4. The molecule has 2 amide bonds. The number of nitrogens with zero attached hydrogens (tertiary/aromatic N) is 3. The maximum atomic E-state index is 14.1. The van der Waals surface area contributed by atoms with Crippen molar-refractivity contribution < 1.29 is 23.5 Å². The zero-order chi connectivity index (χ0) is 22.3. The lowest BCUT2D eigenvalue weighted by atomic mass is 10.1. The molecule has 2 aliphatic heterocycles. The van der Waals surface area contributed by atoms with Gasteiger partial charge in [0.1, 0.15) is 28.9 Å². The van der Waals surface area contributed by atoms with Crippen molar-refractivity contribution in [3.63, 3.8) is 0 Å². The second kappa shape index (κ2) is 8.18. The van der Waals surface area contributed by atoms with Crippen molar-refractivity contribution >= 4 is 23.4 Å². The van der Waals surface area contributed by atoms with Crippen LogP contribution >= 0.6 is 11.6 Å². The van der Waals surface area contributed by atoms with Gasteiger partial charge in [-0.1, -0.05) is 17.7 Å². The average Bonchev–Trinajstić information content (AvgIpc) is 2.73. The summed E-state index contributed by atoms with van der Waals surface area (Å²) in [6.07, 6.45) is 3.80. The zero-order valence-corrected chi connectivity index (χ0v) is 17.1. The van der Waals surface area contributed by atoms with Crippen LogP contribution in [-0.4, -0.2) is 46.3 Å². The number of aromatic hydroxyl groups is 1. The number of carbonyl (C=O) groups excluding carboxylic acids is 2. The molecule has 4 rings (SSSR count). The molecule has 0 radical (unpaired) electrons. The molecule has 2 aliphatic rings. The van der Waals surface area contributed by atoms with E-state index in [1.807, 2.05) is 0 Å². The number of pyridine rings is 1. The maximum Gasteiger partial charge on any atom is 0.277 e. The normalized spacial score (nSPS) is 15.9. The molecule has 0 spiro atoms. The molecule has 164 valence electrons. The summed E-state index contributed by atoms with van der Waals surface area (Å²) in [6, 6.07) is 2.09. The molecular formula is C20H19ClF2N4O4. The fourth-order valence-corrected chi connectivity index (χ4v) is 3.93. The Labute approximate surface area is 180 Å². The highest BCUT2D eigenvalue weighted by Gasteiger charge is 2.34. The van der Waals surface area contributed by atoms with Crippen LogP contribution in [-0.2, 0) is 6.54 Å². The number of hydrogen-bond donors (Lipinski definition) is 2. The molecule has 1 fully saturated rings. The molecule has 2 aromatic rings. The highest BCUT2D eigenvalue weighted by molar-refractivity contribution is 6.30. The highest BCUT2D eigenvalue weighted by atomic mass is 35.5. The molecule has 0 unspecified atom stereocenters. The second-order valence-electron chi connectivity index (χ2n) is 7.43. The number of halogens is 3. The van der Waals surface area contributed by atoms with E-state index < -0.39 is 45.2 Å². The van der Waals surface area contributed by atoms with Crippen LogP contribution in [0, 0.1) is 11.6 Å². The van der Waals surface area contributed by atoms with Crippen molar-refractivity contribution in [1.82, 2.24) is 14.9 Å². The molecule has 2 bridgehead atoms. The Hall–Kier alpha value is -3.14. The first-order valence-electron chi connectivity index (χ1n) is 9.73. The van der Waals surface area contributed by atoms with Crippen LogP contribution in [0.2, 0.25) is 5.02 Å². The van der Waals surface area contributed by atoms with Gasteiger partial charge in [-0.25, -0.2) is 8.78 Å². The van der Waals surface area contributed by atoms with E-state index in [-0.39, 0.29) is 24.5 Å². The van der Waals surface area contributed by atoms with Gasteiger partial charge in [-0.15, -0.1) is 0 Å². The van der Waals surface area contributed by atoms with Crippen LogP contribution in [0.3, 0.4) is 0 Å². The summed E-state index contributed by atoms with van der Waals surface area (Å²) >= 11 is 5.54. The van der Waals surface area contributed by atoms with Gasteiger partial charge in [0.05, 0.1) is 0 Å². The molecule has 0 saturated carbocycles. The van der Waals surface area contributed by atoms with E-state index in [4.69, 9.17) is 11.6 Å². The highest BCUT2D eigenvalue weighted by Crippen LogP contribution is 2.24. The van der Waals surface area contributed by atoms with E-state index in [1.165, 1.54) is 10.9 Å². The largest absolute Gasteiger partial charge is 0.502 e.